The second kappa shape index (κ2) is 10.8. The number of hydrogen-bond donors (Lipinski definition) is 3. The van der Waals surface area contributed by atoms with Crippen LogP contribution in [0.2, 0.25) is 0 Å². The summed E-state index contributed by atoms with van der Waals surface area (Å²) in [5, 5.41) is 9.27. The van der Waals surface area contributed by atoms with Crippen molar-refractivity contribution in [1.82, 2.24) is 19.3 Å². The molecule has 0 spiro atoms. The Balaban J connectivity index is 1.41. The number of halogens is 1. The predicted molar refractivity (Wildman–Crippen MR) is 133 cm³/mol. The quantitative estimate of drug-likeness (QED) is 0.292. The monoisotopic (exact) mass is 477 g/mol. The minimum Gasteiger partial charge on any atom is -0.373 e. The van der Waals surface area contributed by atoms with Crippen molar-refractivity contribution in [3.8, 4) is 11.4 Å². The molecule has 2 heterocycles. The van der Waals surface area contributed by atoms with Gasteiger partial charge < -0.3 is 10.6 Å². The molecule has 0 aliphatic heterocycles. The predicted octanol–water partition coefficient (Wildman–Crippen LogP) is 5.51. The average Bonchev–Trinajstić information content (AvgIpc) is 3.32. The number of carbonyl (C=O) groups excluding carboxylic acids is 1. The SMILES string of the molecule is CCCCc1cc(-c2nsc(NC(=O)c3ccc(Nc4cc(NC)ncn4)cc3)n2)ccc1F. The summed E-state index contributed by atoms with van der Waals surface area (Å²) in [5.41, 5.74) is 2.64. The molecule has 0 atom stereocenters. The molecule has 174 valence electrons. The molecule has 0 aliphatic rings. The number of carbonyl (C=O) groups is 1. The van der Waals surface area contributed by atoms with E-state index in [2.05, 4.69) is 42.2 Å². The summed E-state index contributed by atoms with van der Waals surface area (Å²) in [6.45, 7) is 2.07. The molecule has 10 heteroatoms. The Morgan fingerprint density at radius 3 is 2.62 bits per heavy atom. The highest BCUT2D eigenvalue weighted by Crippen LogP contribution is 2.25. The maximum atomic E-state index is 14.0. The third-order valence-corrected chi connectivity index (χ3v) is 5.72. The first-order valence-electron chi connectivity index (χ1n) is 10.9. The Hall–Kier alpha value is -3.92. The van der Waals surface area contributed by atoms with Crippen molar-refractivity contribution in [3.05, 3.63) is 71.8 Å². The smallest absolute Gasteiger partial charge is 0.257 e. The highest BCUT2D eigenvalue weighted by Gasteiger charge is 2.13. The van der Waals surface area contributed by atoms with E-state index in [1.54, 1.807) is 49.5 Å². The summed E-state index contributed by atoms with van der Waals surface area (Å²) in [6, 6.07) is 13.6. The van der Waals surface area contributed by atoms with Crippen LogP contribution in [0.3, 0.4) is 0 Å². The lowest BCUT2D eigenvalue weighted by Crippen LogP contribution is -2.11. The van der Waals surface area contributed by atoms with E-state index >= 15 is 0 Å². The van der Waals surface area contributed by atoms with Crippen molar-refractivity contribution in [3.63, 3.8) is 0 Å². The largest absolute Gasteiger partial charge is 0.373 e. The highest BCUT2D eigenvalue weighted by atomic mass is 32.1. The topological polar surface area (TPSA) is 105 Å². The lowest BCUT2D eigenvalue weighted by Gasteiger charge is -2.07. The molecule has 0 saturated carbocycles. The Bertz CT molecular complexity index is 1280. The van der Waals surface area contributed by atoms with Gasteiger partial charge in [-0.05, 0) is 60.9 Å². The number of aromatic nitrogens is 4. The van der Waals surface area contributed by atoms with Gasteiger partial charge >= 0.3 is 0 Å². The van der Waals surface area contributed by atoms with Gasteiger partial charge in [-0.3, -0.25) is 10.1 Å². The van der Waals surface area contributed by atoms with Gasteiger partial charge in [0.1, 0.15) is 23.8 Å². The van der Waals surface area contributed by atoms with Gasteiger partial charge in [0.25, 0.3) is 5.91 Å². The van der Waals surface area contributed by atoms with Gasteiger partial charge in [0.05, 0.1) is 0 Å². The molecular formula is C24H24FN7OS. The zero-order valence-electron chi connectivity index (χ0n) is 18.8. The van der Waals surface area contributed by atoms with E-state index in [9.17, 15) is 9.18 Å². The van der Waals surface area contributed by atoms with Gasteiger partial charge in [-0.15, -0.1) is 0 Å². The van der Waals surface area contributed by atoms with Crippen LogP contribution in [0.1, 0.15) is 35.7 Å². The minimum absolute atomic E-state index is 0.221. The first-order valence-corrected chi connectivity index (χ1v) is 11.6. The van der Waals surface area contributed by atoms with E-state index in [1.807, 2.05) is 0 Å². The van der Waals surface area contributed by atoms with E-state index in [-0.39, 0.29) is 11.7 Å². The number of rotatable bonds is 9. The zero-order valence-corrected chi connectivity index (χ0v) is 19.6. The molecule has 0 fully saturated rings. The van der Waals surface area contributed by atoms with Crippen LogP contribution in [0.15, 0.2) is 54.9 Å². The van der Waals surface area contributed by atoms with E-state index in [0.29, 0.717) is 40.1 Å². The summed E-state index contributed by atoms with van der Waals surface area (Å²) in [5.74, 6) is 1.28. The maximum absolute atomic E-state index is 14.0. The fourth-order valence-corrected chi connectivity index (χ4v) is 3.83. The molecular weight excluding hydrogens is 453 g/mol. The van der Waals surface area contributed by atoms with Crippen LogP contribution in [0, 0.1) is 5.82 Å². The summed E-state index contributed by atoms with van der Waals surface area (Å²) in [6.07, 6.45) is 4.03. The van der Waals surface area contributed by atoms with Crippen LogP contribution >= 0.6 is 11.5 Å². The molecule has 4 aromatic rings. The molecule has 0 bridgehead atoms. The number of unbranched alkanes of at least 4 members (excludes halogenated alkanes) is 1. The summed E-state index contributed by atoms with van der Waals surface area (Å²) in [4.78, 5) is 25.3. The second-order valence-corrected chi connectivity index (χ2v) is 8.28. The first kappa shape index (κ1) is 23.2. The maximum Gasteiger partial charge on any atom is 0.257 e. The van der Waals surface area contributed by atoms with Gasteiger partial charge in [-0.1, -0.05) is 13.3 Å². The lowest BCUT2D eigenvalue weighted by atomic mass is 10.0. The fourth-order valence-electron chi connectivity index (χ4n) is 3.25. The second-order valence-electron chi connectivity index (χ2n) is 7.53. The van der Waals surface area contributed by atoms with E-state index in [4.69, 9.17) is 0 Å². The van der Waals surface area contributed by atoms with Crippen LogP contribution in [0.4, 0.5) is 26.8 Å². The summed E-state index contributed by atoms with van der Waals surface area (Å²) in [7, 11) is 1.78. The number of amides is 1. The van der Waals surface area contributed by atoms with Crippen molar-refractivity contribution in [2.45, 2.75) is 26.2 Å². The van der Waals surface area contributed by atoms with Gasteiger partial charge in [-0.2, -0.15) is 9.36 Å². The number of aryl methyl sites for hydroxylation is 1. The molecule has 2 aromatic carbocycles. The van der Waals surface area contributed by atoms with E-state index < -0.39 is 0 Å². The fraction of sp³-hybridized carbons (Fsp3) is 0.208. The molecule has 1 amide bonds. The van der Waals surface area contributed by atoms with Crippen molar-refractivity contribution in [2.75, 3.05) is 23.0 Å². The third kappa shape index (κ3) is 5.70. The Kier molecular flexibility index (Phi) is 7.38. The van der Waals surface area contributed by atoms with E-state index in [1.165, 1.54) is 12.4 Å². The number of anilines is 4. The molecule has 4 rings (SSSR count). The first-order chi connectivity index (χ1) is 16.6. The van der Waals surface area contributed by atoms with Crippen molar-refractivity contribution < 1.29 is 9.18 Å². The van der Waals surface area contributed by atoms with Gasteiger partial charge in [0, 0.05) is 41.5 Å². The van der Waals surface area contributed by atoms with Crippen molar-refractivity contribution in [2.24, 2.45) is 0 Å². The molecule has 0 aliphatic carbocycles. The summed E-state index contributed by atoms with van der Waals surface area (Å²) < 4.78 is 18.4. The van der Waals surface area contributed by atoms with E-state index in [0.717, 1.165) is 35.6 Å². The molecule has 0 radical (unpaired) electrons. The standard InChI is InChI=1S/C24H24FN7OS/c1-3-4-5-16-12-17(8-11-19(16)25)22-30-24(34-32-22)31-23(33)15-6-9-18(10-7-15)29-21-13-20(26-2)27-14-28-21/h6-14H,3-5H2,1-2H3,(H2,26,27,28,29)(H,30,31,32,33). The van der Waals surface area contributed by atoms with Crippen molar-refractivity contribution in [1.29, 1.82) is 0 Å². The summed E-state index contributed by atoms with van der Waals surface area (Å²) >= 11 is 1.08. The molecule has 0 unspecified atom stereocenters. The van der Waals surface area contributed by atoms with Crippen LogP contribution < -0.4 is 16.0 Å². The molecule has 0 saturated heterocycles. The van der Waals surface area contributed by atoms with Crippen LogP contribution in [0.25, 0.3) is 11.4 Å². The van der Waals surface area contributed by atoms with Crippen molar-refractivity contribution >= 4 is 39.9 Å². The molecule has 34 heavy (non-hydrogen) atoms. The molecule has 8 nitrogen and oxygen atoms in total. The Labute approximate surface area is 200 Å². The Morgan fingerprint density at radius 2 is 1.85 bits per heavy atom. The highest BCUT2D eigenvalue weighted by molar-refractivity contribution is 7.10. The third-order valence-electron chi connectivity index (χ3n) is 5.09. The number of benzene rings is 2. The number of nitrogens with one attached hydrogen (secondary N) is 3. The number of hydrogen-bond acceptors (Lipinski definition) is 8. The Morgan fingerprint density at radius 1 is 1.06 bits per heavy atom. The van der Waals surface area contributed by atoms with Gasteiger partial charge in [-0.25, -0.2) is 14.4 Å². The molecule has 3 N–H and O–H groups in total. The average molecular weight is 478 g/mol. The zero-order chi connectivity index (χ0) is 23.9. The van der Waals surface area contributed by atoms with Gasteiger partial charge in [0.2, 0.25) is 5.13 Å². The molecule has 2 aromatic heterocycles. The van der Waals surface area contributed by atoms with Gasteiger partial charge in [0.15, 0.2) is 5.82 Å². The number of nitrogens with zero attached hydrogens (tertiary/aromatic N) is 4. The van der Waals surface area contributed by atoms with Crippen LogP contribution in [-0.4, -0.2) is 32.3 Å². The lowest BCUT2D eigenvalue weighted by molar-refractivity contribution is 0.102. The normalized spacial score (nSPS) is 10.7. The minimum atomic E-state index is -0.295. The van der Waals surface area contributed by atoms with Crippen LogP contribution in [0.5, 0.6) is 0 Å². The van der Waals surface area contributed by atoms with Crippen LogP contribution in [-0.2, 0) is 6.42 Å².